The van der Waals surface area contributed by atoms with E-state index in [2.05, 4.69) is 20.2 Å². The molecule has 0 unspecified atom stereocenters. The molecule has 0 bridgehead atoms. The predicted molar refractivity (Wildman–Crippen MR) is 113 cm³/mol. The van der Waals surface area contributed by atoms with Crippen LogP contribution in [0.25, 0.3) is 0 Å². The Labute approximate surface area is 171 Å². The summed E-state index contributed by atoms with van der Waals surface area (Å²) in [6.07, 6.45) is 0. The number of nitrogens with zero attached hydrogens (tertiary/aromatic N) is 5. The Morgan fingerprint density at radius 3 is 2.24 bits per heavy atom. The van der Waals surface area contributed by atoms with E-state index in [-0.39, 0.29) is 10.8 Å². The molecule has 1 aromatic heterocycles. The third-order valence-corrected chi connectivity index (χ3v) is 6.56. The van der Waals surface area contributed by atoms with Gasteiger partial charge in [-0.15, -0.1) is 0 Å². The standard InChI is InChI=1S/C19H26N6O3S/c1-14-20-18(23(3)4)13-19(21-14)24-9-11-25(12-10-24)29(27,28)17-7-5-16(6-8-17)22-15(2)26/h5-8,13H,9-12H2,1-4H3,(H,22,26). The molecule has 0 radical (unpaired) electrons. The number of rotatable bonds is 5. The van der Waals surface area contributed by atoms with Crippen molar-refractivity contribution in [1.82, 2.24) is 14.3 Å². The maximum Gasteiger partial charge on any atom is 0.243 e. The topological polar surface area (TPSA) is 98.7 Å². The van der Waals surface area contributed by atoms with Crippen molar-refractivity contribution >= 4 is 33.3 Å². The largest absolute Gasteiger partial charge is 0.363 e. The van der Waals surface area contributed by atoms with Gasteiger partial charge in [-0.05, 0) is 31.2 Å². The SMILES string of the molecule is CC(=O)Nc1ccc(S(=O)(=O)N2CCN(c3cc(N(C)C)nc(C)n3)CC2)cc1. The average molecular weight is 419 g/mol. The number of sulfonamides is 1. The first kappa shape index (κ1) is 21.0. The number of amides is 1. The molecule has 1 N–H and O–H groups in total. The van der Waals surface area contributed by atoms with Crippen molar-refractivity contribution in [2.75, 3.05) is 55.4 Å². The molecule has 1 aromatic carbocycles. The van der Waals surface area contributed by atoms with Crippen molar-refractivity contribution < 1.29 is 13.2 Å². The number of benzene rings is 1. The lowest BCUT2D eigenvalue weighted by Gasteiger charge is -2.35. The minimum atomic E-state index is -3.59. The van der Waals surface area contributed by atoms with Gasteiger partial charge in [0.15, 0.2) is 0 Å². The van der Waals surface area contributed by atoms with Crippen molar-refractivity contribution in [3.8, 4) is 0 Å². The normalized spacial score (nSPS) is 15.2. The molecule has 0 atom stereocenters. The van der Waals surface area contributed by atoms with Crippen LogP contribution in [0.2, 0.25) is 0 Å². The number of hydrogen-bond donors (Lipinski definition) is 1. The fraction of sp³-hybridized carbons (Fsp3) is 0.421. The summed E-state index contributed by atoms with van der Waals surface area (Å²) >= 11 is 0. The number of hydrogen-bond acceptors (Lipinski definition) is 7. The molecule has 1 aliphatic heterocycles. The van der Waals surface area contributed by atoms with Crippen LogP contribution in [0.4, 0.5) is 17.3 Å². The number of aromatic nitrogens is 2. The minimum absolute atomic E-state index is 0.200. The molecule has 1 amide bonds. The Morgan fingerprint density at radius 2 is 1.69 bits per heavy atom. The summed E-state index contributed by atoms with van der Waals surface area (Å²) in [7, 11) is 0.258. The van der Waals surface area contributed by atoms with Gasteiger partial charge in [-0.2, -0.15) is 4.31 Å². The molecule has 3 rings (SSSR count). The van der Waals surface area contributed by atoms with Crippen LogP contribution in [0.1, 0.15) is 12.7 Å². The van der Waals surface area contributed by atoms with E-state index in [9.17, 15) is 13.2 Å². The lowest BCUT2D eigenvalue weighted by Crippen LogP contribution is -2.49. The molecule has 9 nitrogen and oxygen atoms in total. The second-order valence-electron chi connectivity index (χ2n) is 7.12. The van der Waals surface area contributed by atoms with Crippen LogP contribution in [0.3, 0.4) is 0 Å². The quantitative estimate of drug-likeness (QED) is 0.782. The number of anilines is 3. The molecular formula is C19H26N6O3S. The molecule has 0 saturated carbocycles. The zero-order valence-electron chi connectivity index (χ0n) is 17.1. The number of piperazine rings is 1. The number of carbonyl (C=O) groups excluding carboxylic acids is 1. The fourth-order valence-electron chi connectivity index (χ4n) is 3.15. The van der Waals surface area contributed by atoms with Gasteiger partial charge in [0.25, 0.3) is 0 Å². The third kappa shape index (κ3) is 4.83. The summed E-state index contributed by atoms with van der Waals surface area (Å²) in [5.74, 6) is 2.11. The first-order valence-corrected chi connectivity index (χ1v) is 10.8. The summed E-state index contributed by atoms with van der Waals surface area (Å²) in [6.45, 7) is 5.10. The summed E-state index contributed by atoms with van der Waals surface area (Å²) in [5, 5.41) is 2.63. The van der Waals surface area contributed by atoms with Crippen molar-refractivity contribution in [1.29, 1.82) is 0 Å². The Morgan fingerprint density at radius 1 is 1.07 bits per heavy atom. The Balaban J connectivity index is 1.70. The van der Waals surface area contributed by atoms with Crippen LogP contribution in [0.15, 0.2) is 35.2 Å². The van der Waals surface area contributed by atoms with Crippen molar-refractivity contribution in [2.45, 2.75) is 18.7 Å². The van der Waals surface area contributed by atoms with Crippen LogP contribution in [0.5, 0.6) is 0 Å². The lowest BCUT2D eigenvalue weighted by molar-refractivity contribution is -0.114. The second kappa shape index (κ2) is 8.34. The van der Waals surface area contributed by atoms with E-state index < -0.39 is 10.0 Å². The molecule has 2 aromatic rings. The number of carbonyl (C=O) groups is 1. The molecule has 10 heteroatoms. The molecule has 1 fully saturated rings. The van der Waals surface area contributed by atoms with Gasteiger partial charge < -0.3 is 15.1 Å². The van der Waals surface area contributed by atoms with E-state index in [1.165, 1.54) is 23.4 Å². The van der Waals surface area contributed by atoms with E-state index >= 15 is 0 Å². The molecule has 1 aliphatic rings. The third-order valence-electron chi connectivity index (χ3n) is 4.64. The highest BCUT2D eigenvalue weighted by Crippen LogP contribution is 2.23. The highest BCUT2D eigenvalue weighted by molar-refractivity contribution is 7.89. The van der Waals surface area contributed by atoms with E-state index in [0.717, 1.165) is 11.6 Å². The van der Waals surface area contributed by atoms with Crippen molar-refractivity contribution in [3.63, 3.8) is 0 Å². The van der Waals surface area contributed by atoms with Gasteiger partial charge in [-0.3, -0.25) is 4.79 Å². The molecule has 1 saturated heterocycles. The summed E-state index contributed by atoms with van der Waals surface area (Å²) < 4.78 is 27.4. The van der Waals surface area contributed by atoms with Gasteiger partial charge in [-0.1, -0.05) is 0 Å². The highest BCUT2D eigenvalue weighted by Gasteiger charge is 2.29. The Hall–Kier alpha value is -2.72. The lowest BCUT2D eigenvalue weighted by atomic mass is 10.3. The van der Waals surface area contributed by atoms with E-state index in [1.807, 2.05) is 32.0 Å². The molecule has 0 aliphatic carbocycles. The Kier molecular flexibility index (Phi) is 6.04. The summed E-state index contributed by atoms with van der Waals surface area (Å²) in [6, 6.07) is 8.14. The van der Waals surface area contributed by atoms with Crippen LogP contribution in [0, 0.1) is 6.92 Å². The maximum absolute atomic E-state index is 12.9. The Bertz CT molecular complexity index is 984. The number of nitrogens with one attached hydrogen (secondary N) is 1. The number of aryl methyl sites for hydroxylation is 1. The molecule has 156 valence electrons. The second-order valence-corrected chi connectivity index (χ2v) is 9.06. The van der Waals surface area contributed by atoms with E-state index in [1.54, 1.807) is 12.1 Å². The van der Waals surface area contributed by atoms with Crippen molar-refractivity contribution in [2.24, 2.45) is 0 Å². The van der Waals surface area contributed by atoms with Crippen LogP contribution in [-0.4, -0.2) is 68.9 Å². The fourth-order valence-corrected chi connectivity index (χ4v) is 4.57. The molecule has 0 spiro atoms. The minimum Gasteiger partial charge on any atom is -0.363 e. The van der Waals surface area contributed by atoms with E-state index in [0.29, 0.717) is 37.7 Å². The van der Waals surface area contributed by atoms with Gasteiger partial charge in [-0.25, -0.2) is 18.4 Å². The predicted octanol–water partition coefficient (Wildman–Crippen LogP) is 1.32. The smallest absolute Gasteiger partial charge is 0.243 e. The summed E-state index contributed by atoms with van der Waals surface area (Å²) in [5.41, 5.74) is 0.567. The average Bonchev–Trinajstić information content (AvgIpc) is 2.67. The monoisotopic (exact) mass is 418 g/mol. The van der Waals surface area contributed by atoms with Gasteiger partial charge >= 0.3 is 0 Å². The first-order valence-electron chi connectivity index (χ1n) is 9.32. The maximum atomic E-state index is 12.9. The van der Waals surface area contributed by atoms with Gasteiger partial charge in [0, 0.05) is 59.0 Å². The molecular weight excluding hydrogens is 392 g/mol. The van der Waals surface area contributed by atoms with E-state index in [4.69, 9.17) is 0 Å². The zero-order valence-corrected chi connectivity index (χ0v) is 17.9. The zero-order chi connectivity index (χ0) is 21.2. The van der Waals surface area contributed by atoms with Gasteiger partial charge in [0.1, 0.15) is 17.5 Å². The van der Waals surface area contributed by atoms with Crippen LogP contribution < -0.4 is 15.1 Å². The van der Waals surface area contributed by atoms with Crippen molar-refractivity contribution in [3.05, 3.63) is 36.2 Å². The summed E-state index contributed by atoms with van der Waals surface area (Å²) in [4.78, 5) is 24.2. The van der Waals surface area contributed by atoms with Crippen LogP contribution >= 0.6 is 0 Å². The molecule has 29 heavy (non-hydrogen) atoms. The van der Waals surface area contributed by atoms with Gasteiger partial charge in [0.2, 0.25) is 15.9 Å². The molecule has 2 heterocycles. The first-order chi connectivity index (χ1) is 13.7. The van der Waals surface area contributed by atoms with Gasteiger partial charge in [0.05, 0.1) is 4.90 Å². The highest BCUT2D eigenvalue weighted by atomic mass is 32.2. The van der Waals surface area contributed by atoms with Crippen LogP contribution in [-0.2, 0) is 14.8 Å².